The summed E-state index contributed by atoms with van der Waals surface area (Å²) in [7, 11) is -20.1. The van der Waals surface area contributed by atoms with E-state index in [1.807, 2.05) is 6.92 Å². The summed E-state index contributed by atoms with van der Waals surface area (Å²) in [6.45, 7) is 5.63. The molecule has 7 rings (SSSR count). The van der Waals surface area contributed by atoms with Gasteiger partial charge >= 0.3 is 21.5 Å². The van der Waals surface area contributed by atoms with Crippen LogP contribution in [0.4, 0.5) is 30.2 Å². The molecular weight excluding hydrogens is 950 g/mol. The highest BCUT2D eigenvalue weighted by atomic mass is 32.3. The van der Waals surface area contributed by atoms with Crippen LogP contribution in [0.25, 0.3) is 33.4 Å². The summed E-state index contributed by atoms with van der Waals surface area (Å²) in [4.78, 5) is 16.1. The highest BCUT2D eigenvalue weighted by Gasteiger charge is 2.48. The van der Waals surface area contributed by atoms with Crippen molar-refractivity contribution in [2.75, 3.05) is 18.4 Å². The molecule has 16 nitrogen and oxygen atoms in total. The van der Waals surface area contributed by atoms with Gasteiger partial charge in [-0.3, -0.25) is 9.35 Å². The molecule has 0 unspecified atom stereocenters. The minimum absolute atomic E-state index is 0.0214. The van der Waals surface area contributed by atoms with Gasteiger partial charge in [0.05, 0.1) is 31.1 Å². The first-order chi connectivity index (χ1) is 30.8. The third kappa shape index (κ3) is 10.2. The summed E-state index contributed by atoms with van der Waals surface area (Å²) >= 11 is 0. The van der Waals surface area contributed by atoms with Crippen molar-refractivity contribution in [2.45, 2.75) is 66.3 Å². The van der Waals surface area contributed by atoms with Gasteiger partial charge in [0.1, 0.15) is 17.4 Å². The van der Waals surface area contributed by atoms with E-state index in [-0.39, 0.29) is 64.1 Å². The average Bonchev–Trinajstić information content (AvgIpc) is 3.25. The maximum absolute atomic E-state index is 14.6. The first-order valence-electron chi connectivity index (χ1n) is 19.9. The van der Waals surface area contributed by atoms with Gasteiger partial charge in [-0.15, -0.1) is 0 Å². The summed E-state index contributed by atoms with van der Waals surface area (Å²) in [5.41, 5.74) is -4.34. The second-order valence-electron chi connectivity index (χ2n) is 15.9. The fraction of sp³-hybridized carbons (Fsp3) is 0.256. The zero-order valence-corrected chi connectivity index (χ0v) is 38.4. The molecule has 0 bridgehead atoms. The molecule has 4 aromatic rings. The quantitative estimate of drug-likeness (QED) is 0.0573. The van der Waals surface area contributed by atoms with Crippen molar-refractivity contribution in [3.05, 3.63) is 115 Å². The monoisotopic (exact) mass is 990 g/mol. The molecule has 350 valence electrons. The van der Waals surface area contributed by atoms with E-state index in [1.165, 1.54) is 34.6 Å². The zero-order chi connectivity index (χ0) is 48.0. The number of halogens is 3. The molecule has 3 aliphatic rings. The number of benzene rings is 5. The lowest BCUT2D eigenvalue weighted by Crippen LogP contribution is -2.42. The van der Waals surface area contributed by atoms with Crippen LogP contribution < -0.4 is 14.8 Å². The maximum Gasteiger partial charge on any atom is 0.512 e. The van der Waals surface area contributed by atoms with Gasteiger partial charge in [0.25, 0.3) is 20.1 Å². The molecular formula is C43H41F3N4O12S4. The predicted molar refractivity (Wildman–Crippen MR) is 237 cm³/mol. The van der Waals surface area contributed by atoms with Crippen molar-refractivity contribution in [3.8, 4) is 22.5 Å². The SMILES string of the molecule is CCC(C)(C)C(=O)OC1CCN(S(=O)(=O)c2ccccc2-c2c3ccc(=Nc4ccc(S(=O)(=O)NS(=O)(=O)C(F)(F)F)cc4)cc-3oc3cc(Nc4cccc(S(=O)(=O)O)c4)ccc23)CC1. The van der Waals surface area contributed by atoms with Crippen molar-refractivity contribution < 1.29 is 65.3 Å². The number of piperidine rings is 1. The van der Waals surface area contributed by atoms with E-state index < -0.39 is 62.1 Å². The van der Waals surface area contributed by atoms with Crippen molar-refractivity contribution in [2.24, 2.45) is 10.4 Å². The normalized spacial score (nSPS) is 15.3. The first kappa shape index (κ1) is 48.2. The van der Waals surface area contributed by atoms with E-state index in [2.05, 4.69) is 10.3 Å². The Labute approximate surface area is 378 Å². The fourth-order valence-corrected chi connectivity index (χ4v) is 11.6. The number of sulfonamides is 3. The number of alkyl halides is 3. The van der Waals surface area contributed by atoms with Crippen molar-refractivity contribution in [3.63, 3.8) is 0 Å². The number of esters is 1. The van der Waals surface area contributed by atoms with Crippen LogP contribution in [0.2, 0.25) is 0 Å². The topological polar surface area (TPSA) is 236 Å². The third-order valence-corrected chi connectivity index (χ3v) is 17.0. The van der Waals surface area contributed by atoms with Crippen LogP contribution in [-0.4, -0.2) is 73.2 Å². The summed E-state index contributed by atoms with van der Waals surface area (Å²) in [5.74, 6) is -0.163. The molecule has 0 atom stereocenters. The first-order valence-corrected chi connectivity index (χ1v) is 25.8. The van der Waals surface area contributed by atoms with Crippen molar-refractivity contribution in [1.29, 1.82) is 0 Å². The number of nitrogens with one attached hydrogen (secondary N) is 2. The number of rotatable bonds is 13. The van der Waals surface area contributed by atoms with E-state index in [1.54, 1.807) is 68.4 Å². The van der Waals surface area contributed by atoms with Crippen LogP contribution in [0.15, 0.2) is 133 Å². The Kier molecular flexibility index (Phi) is 13.0. The minimum atomic E-state index is -6.23. The number of fused-ring (bicyclic) bond motifs is 2. The lowest BCUT2D eigenvalue weighted by atomic mass is 9.90. The van der Waals surface area contributed by atoms with Crippen LogP contribution >= 0.6 is 0 Å². The highest BCUT2D eigenvalue weighted by molar-refractivity contribution is 8.05. The van der Waals surface area contributed by atoms with Gasteiger partial charge in [0.15, 0.2) is 0 Å². The van der Waals surface area contributed by atoms with E-state index in [9.17, 15) is 56.2 Å². The second kappa shape index (κ2) is 17.8. The highest BCUT2D eigenvalue weighted by Crippen LogP contribution is 2.44. The molecule has 0 saturated carbocycles. The fourth-order valence-electron chi connectivity index (χ4n) is 6.99. The largest absolute Gasteiger partial charge is 0.512 e. The number of ether oxygens (including phenoxy) is 1. The molecule has 23 heteroatoms. The van der Waals surface area contributed by atoms with Crippen LogP contribution in [0.1, 0.15) is 40.0 Å². The van der Waals surface area contributed by atoms with Crippen LogP contribution in [-0.2, 0) is 49.7 Å². The van der Waals surface area contributed by atoms with Gasteiger partial charge in [0, 0.05) is 58.7 Å². The van der Waals surface area contributed by atoms with Crippen LogP contribution in [0, 0.1) is 5.41 Å². The van der Waals surface area contributed by atoms with Crippen LogP contribution in [0.5, 0.6) is 0 Å². The average molecular weight is 991 g/mol. The van der Waals surface area contributed by atoms with Gasteiger partial charge in [-0.05, 0) is 106 Å². The Morgan fingerprint density at radius 1 is 0.803 bits per heavy atom. The summed E-state index contributed by atoms with van der Waals surface area (Å²) in [6.07, 6.45) is 0.680. The van der Waals surface area contributed by atoms with E-state index in [0.717, 1.165) is 24.3 Å². The maximum atomic E-state index is 14.6. The van der Waals surface area contributed by atoms with Gasteiger partial charge in [-0.1, -0.05) is 35.3 Å². The van der Waals surface area contributed by atoms with E-state index in [4.69, 9.17) is 9.15 Å². The van der Waals surface area contributed by atoms with Gasteiger partial charge < -0.3 is 14.5 Å². The van der Waals surface area contributed by atoms with Gasteiger partial charge in [0.2, 0.25) is 10.0 Å². The standard InChI is InChI=1S/C43H41F3N4O12S4/c1-4-42(2,3)41(51)61-31-20-22-50(23-21-31)64(54,55)39-11-6-5-10-36(39)40-34-18-14-29(47-27-12-16-32(17-13-27)63(52,53)49-66(59,60)43(44,45)46)25-37(34)62-38-26-30(15-19-35(38)40)48-28-8-7-9-33(24-28)65(56,57)58/h5-19,24-26,31,48-49H,4,20-23H2,1-3H3,(H,56,57,58). The molecule has 0 radical (unpaired) electrons. The molecule has 1 saturated heterocycles. The Morgan fingerprint density at radius 2 is 1.47 bits per heavy atom. The molecule has 0 aromatic heterocycles. The predicted octanol–water partition coefficient (Wildman–Crippen LogP) is 7.69. The summed E-state index contributed by atoms with van der Waals surface area (Å²) in [5, 5.41) is 3.77. The number of hydrogen-bond donors (Lipinski definition) is 3. The number of carbonyl (C=O) groups excluding carboxylic acids is 1. The summed E-state index contributed by atoms with van der Waals surface area (Å²) < 4.78 is 163. The molecule has 1 aliphatic carbocycles. The van der Waals surface area contributed by atoms with Gasteiger partial charge in [-0.25, -0.2) is 30.2 Å². The third-order valence-electron chi connectivity index (χ3n) is 10.9. The Morgan fingerprint density at radius 3 is 2.12 bits per heavy atom. The van der Waals surface area contributed by atoms with E-state index in [0.29, 0.717) is 44.0 Å². The van der Waals surface area contributed by atoms with Crippen LogP contribution in [0.3, 0.4) is 0 Å². The second-order valence-corrected chi connectivity index (χ2v) is 22.8. The van der Waals surface area contributed by atoms with Gasteiger partial charge in [-0.2, -0.15) is 25.9 Å². The smallest absolute Gasteiger partial charge is 0.462 e. The molecule has 0 amide bonds. The number of anilines is 2. The van der Waals surface area contributed by atoms with Crippen molar-refractivity contribution >= 4 is 74.2 Å². The molecule has 66 heavy (non-hydrogen) atoms. The molecule has 0 spiro atoms. The Balaban J connectivity index is 1.30. The molecule has 4 aromatic carbocycles. The number of nitrogens with zero attached hydrogens (tertiary/aromatic N) is 2. The Bertz CT molecular complexity index is 3350. The summed E-state index contributed by atoms with van der Waals surface area (Å²) in [6, 6.07) is 25.5. The molecule has 3 N–H and O–H groups in total. The lowest BCUT2D eigenvalue weighted by molar-refractivity contribution is -0.161. The Hall–Kier alpha value is -5.69. The van der Waals surface area contributed by atoms with E-state index >= 15 is 0 Å². The molecule has 2 aliphatic heterocycles. The number of carbonyl (C=O) groups is 1. The zero-order valence-electron chi connectivity index (χ0n) is 35.1. The lowest BCUT2D eigenvalue weighted by Gasteiger charge is -2.33. The molecule has 2 heterocycles. The minimum Gasteiger partial charge on any atom is -0.462 e. The van der Waals surface area contributed by atoms with Crippen molar-refractivity contribution in [1.82, 2.24) is 8.43 Å². The number of hydrogen-bond acceptors (Lipinski definition) is 13. The molecule has 1 fully saturated rings.